The molecule has 0 aliphatic heterocycles. The van der Waals surface area contributed by atoms with E-state index in [4.69, 9.17) is 0 Å². The third-order valence-corrected chi connectivity index (χ3v) is 1.20. The van der Waals surface area contributed by atoms with Gasteiger partial charge in [0, 0.05) is 0 Å². The number of thioether (sulfide) groups is 1. The van der Waals surface area contributed by atoms with Crippen LogP contribution in [0.3, 0.4) is 0 Å². The van der Waals surface area contributed by atoms with Crippen LogP contribution >= 0.6 is 11.8 Å². The minimum atomic E-state index is 1.18. The van der Waals surface area contributed by atoms with Crippen LogP contribution in [-0.4, -0.2) is 13.5 Å². The first-order valence-corrected chi connectivity index (χ1v) is 3.19. The predicted octanol–water partition coefficient (Wildman–Crippen LogP) is 0.844. The molecule has 0 atom stereocenters. The Morgan fingerprint density at radius 3 is 2.67 bits per heavy atom. The zero-order chi connectivity index (χ0) is 4.83. The molecule has 0 nitrogen and oxygen atoms in total. The zero-order valence-corrected chi connectivity index (χ0v) is 5.09. The summed E-state index contributed by atoms with van der Waals surface area (Å²) in [7, 11) is 2.14. The summed E-state index contributed by atoms with van der Waals surface area (Å²) < 4.78 is 0. The molecule has 0 saturated carbocycles. The van der Waals surface area contributed by atoms with E-state index in [1.807, 2.05) is 24.8 Å². The van der Waals surface area contributed by atoms with Gasteiger partial charge in [0.25, 0.3) is 0 Å². The van der Waals surface area contributed by atoms with Crippen molar-refractivity contribution in [3.8, 4) is 0 Å². The second kappa shape index (κ2) is 5.15. The van der Waals surface area contributed by atoms with Crippen molar-refractivity contribution in [2.45, 2.75) is 6.92 Å². The molecule has 0 fully saturated rings. The van der Waals surface area contributed by atoms with Crippen molar-refractivity contribution in [1.82, 2.24) is 0 Å². The Labute approximate surface area is 44.4 Å². The molecule has 0 bridgehead atoms. The number of hydrogen-bond donors (Lipinski definition) is 0. The standard InChI is InChI=1S/C4H9BS/c1-2-3-6-4-5/h2-3H,4-5H2,1H3/b3-2-. The van der Waals surface area contributed by atoms with E-state index in [9.17, 15) is 0 Å². The molecule has 0 N–H and O–H groups in total. The Hall–Kier alpha value is 0.155. The average molecular weight is 100.0 g/mol. The van der Waals surface area contributed by atoms with Crippen molar-refractivity contribution < 1.29 is 0 Å². The monoisotopic (exact) mass is 100 g/mol. The maximum Gasteiger partial charge on any atom is 0.114 e. The number of hydrogen-bond acceptors (Lipinski definition) is 1. The van der Waals surface area contributed by atoms with Crippen LogP contribution in [-0.2, 0) is 0 Å². The summed E-state index contributed by atoms with van der Waals surface area (Å²) in [5, 5.41) is 2.10. The van der Waals surface area contributed by atoms with E-state index < -0.39 is 0 Å². The summed E-state index contributed by atoms with van der Waals surface area (Å²) >= 11 is 1.83. The molecule has 0 aromatic rings. The fraction of sp³-hybridized carbons (Fsp3) is 0.500. The SMILES string of the molecule is BCS/C=C\C. The number of allylic oxidation sites excluding steroid dienone is 1. The van der Waals surface area contributed by atoms with Gasteiger partial charge in [-0.1, -0.05) is 6.08 Å². The van der Waals surface area contributed by atoms with E-state index in [1.165, 1.54) is 5.65 Å². The molecule has 0 radical (unpaired) electrons. The summed E-state index contributed by atoms with van der Waals surface area (Å²) in [6.07, 6.45) is 2.05. The lowest BCUT2D eigenvalue weighted by Gasteiger charge is -1.76. The summed E-state index contributed by atoms with van der Waals surface area (Å²) in [5.74, 6) is 0. The molecule has 0 rings (SSSR count). The molecular weight excluding hydrogens is 90.9 g/mol. The first-order chi connectivity index (χ1) is 2.91. The van der Waals surface area contributed by atoms with Crippen molar-refractivity contribution in [1.29, 1.82) is 0 Å². The minimum absolute atomic E-state index is 1.18. The van der Waals surface area contributed by atoms with Gasteiger partial charge in [-0.25, -0.2) is 0 Å². The van der Waals surface area contributed by atoms with Crippen molar-refractivity contribution in [3.05, 3.63) is 11.5 Å². The van der Waals surface area contributed by atoms with Crippen molar-refractivity contribution >= 4 is 19.6 Å². The number of rotatable bonds is 2. The van der Waals surface area contributed by atoms with Gasteiger partial charge in [0.05, 0.1) is 0 Å². The van der Waals surface area contributed by atoms with E-state index in [0.29, 0.717) is 0 Å². The Balaban J connectivity index is 2.66. The van der Waals surface area contributed by atoms with E-state index in [-0.39, 0.29) is 0 Å². The molecule has 0 unspecified atom stereocenters. The second-order valence-corrected chi connectivity index (χ2v) is 2.11. The fourth-order valence-corrected chi connectivity index (χ4v) is 0.577. The van der Waals surface area contributed by atoms with Crippen LogP contribution < -0.4 is 0 Å². The van der Waals surface area contributed by atoms with Gasteiger partial charge in [0.1, 0.15) is 7.85 Å². The van der Waals surface area contributed by atoms with Gasteiger partial charge in [-0.15, -0.1) is 11.8 Å². The smallest absolute Gasteiger partial charge is 0.114 e. The summed E-state index contributed by atoms with van der Waals surface area (Å²) in [4.78, 5) is 0. The van der Waals surface area contributed by atoms with Crippen LogP contribution in [0.15, 0.2) is 11.5 Å². The fourth-order valence-electron chi connectivity index (χ4n) is 0.192. The molecule has 0 heterocycles. The van der Waals surface area contributed by atoms with Gasteiger partial charge in [-0.2, -0.15) is 0 Å². The van der Waals surface area contributed by atoms with Crippen LogP contribution in [0.5, 0.6) is 0 Å². The van der Waals surface area contributed by atoms with E-state index in [0.717, 1.165) is 0 Å². The second-order valence-electron chi connectivity index (χ2n) is 0.925. The molecule has 0 aliphatic rings. The normalized spacial score (nSPS) is 10.2. The molecule has 0 aromatic carbocycles. The van der Waals surface area contributed by atoms with Crippen LogP contribution in [0.2, 0.25) is 0 Å². The average Bonchev–Trinajstić information content (AvgIpc) is 1.61. The van der Waals surface area contributed by atoms with E-state index >= 15 is 0 Å². The molecule has 0 saturated heterocycles. The summed E-state index contributed by atoms with van der Waals surface area (Å²) in [6.45, 7) is 2.03. The van der Waals surface area contributed by atoms with Gasteiger partial charge in [0.15, 0.2) is 0 Å². The van der Waals surface area contributed by atoms with Crippen LogP contribution in [0.25, 0.3) is 0 Å². The van der Waals surface area contributed by atoms with Gasteiger partial charge in [-0.3, -0.25) is 0 Å². The lowest BCUT2D eigenvalue weighted by atomic mass is 10.2. The lowest BCUT2D eigenvalue weighted by molar-refractivity contribution is 1.79. The topological polar surface area (TPSA) is 0 Å². The zero-order valence-electron chi connectivity index (χ0n) is 4.27. The highest BCUT2D eigenvalue weighted by Gasteiger charge is 1.65. The summed E-state index contributed by atoms with van der Waals surface area (Å²) in [6, 6.07) is 0. The molecule has 34 valence electrons. The molecule has 0 aliphatic carbocycles. The van der Waals surface area contributed by atoms with Crippen LogP contribution in [0, 0.1) is 0 Å². The minimum Gasteiger partial charge on any atom is -0.143 e. The summed E-state index contributed by atoms with van der Waals surface area (Å²) in [5.41, 5.74) is 1.18. The molecule has 0 amide bonds. The van der Waals surface area contributed by atoms with Crippen molar-refractivity contribution in [2.75, 3.05) is 5.65 Å². The first kappa shape index (κ1) is 6.15. The van der Waals surface area contributed by atoms with E-state index in [1.54, 1.807) is 0 Å². The van der Waals surface area contributed by atoms with Gasteiger partial charge in [-0.05, 0) is 18.0 Å². The first-order valence-electron chi connectivity index (χ1n) is 2.14. The Morgan fingerprint density at radius 2 is 2.50 bits per heavy atom. The maximum atomic E-state index is 2.14. The Bertz CT molecular complexity index is 42.8. The molecule has 0 spiro atoms. The molecule has 0 aromatic heterocycles. The Morgan fingerprint density at radius 1 is 1.83 bits per heavy atom. The van der Waals surface area contributed by atoms with Crippen molar-refractivity contribution in [2.24, 2.45) is 0 Å². The molecule has 2 heteroatoms. The van der Waals surface area contributed by atoms with Crippen molar-refractivity contribution in [3.63, 3.8) is 0 Å². The van der Waals surface area contributed by atoms with Gasteiger partial charge < -0.3 is 0 Å². The quantitative estimate of drug-likeness (QED) is 0.463. The third-order valence-electron chi connectivity index (χ3n) is 0.399. The predicted molar refractivity (Wildman–Crippen MR) is 35.8 cm³/mol. The van der Waals surface area contributed by atoms with Gasteiger partial charge >= 0.3 is 0 Å². The maximum absolute atomic E-state index is 2.14. The van der Waals surface area contributed by atoms with Crippen LogP contribution in [0.1, 0.15) is 6.92 Å². The highest BCUT2D eigenvalue weighted by atomic mass is 32.2. The third kappa shape index (κ3) is 4.15. The van der Waals surface area contributed by atoms with Gasteiger partial charge in [0.2, 0.25) is 0 Å². The lowest BCUT2D eigenvalue weighted by Crippen LogP contribution is -1.64. The Kier molecular flexibility index (Phi) is 5.29. The van der Waals surface area contributed by atoms with Crippen LogP contribution in [0.4, 0.5) is 0 Å². The largest absolute Gasteiger partial charge is 0.143 e. The van der Waals surface area contributed by atoms with E-state index in [2.05, 4.69) is 13.3 Å². The molecular formula is C4H9BS. The highest BCUT2D eigenvalue weighted by Crippen LogP contribution is 1.95. The molecule has 6 heavy (non-hydrogen) atoms. The highest BCUT2D eigenvalue weighted by molar-refractivity contribution is 8.03.